The monoisotopic (exact) mass is 304 g/mol. The highest BCUT2D eigenvalue weighted by Gasteiger charge is 2.29. The van der Waals surface area contributed by atoms with Gasteiger partial charge in [-0.1, -0.05) is 19.3 Å². The lowest BCUT2D eigenvalue weighted by Gasteiger charge is -2.24. The Morgan fingerprint density at radius 3 is 2.59 bits per heavy atom. The molecule has 2 rings (SSSR count). The fourth-order valence-electron chi connectivity index (χ4n) is 3.08. The zero-order valence-electron chi connectivity index (χ0n) is 13.2. The van der Waals surface area contributed by atoms with Gasteiger partial charge in [0.05, 0.1) is 13.0 Å². The van der Waals surface area contributed by atoms with E-state index in [1.54, 1.807) is 19.2 Å². The van der Waals surface area contributed by atoms with Gasteiger partial charge in [0.2, 0.25) is 5.91 Å². The summed E-state index contributed by atoms with van der Waals surface area (Å²) in [7, 11) is 1.59. The number of nitrogens with two attached hydrogens (primary N) is 1. The molecule has 0 heterocycles. The predicted molar refractivity (Wildman–Crippen MR) is 84.8 cm³/mol. The molecule has 1 fully saturated rings. The number of benzene rings is 1. The van der Waals surface area contributed by atoms with Crippen LogP contribution in [0.1, 0.15) is 48.0 Å². The lowest BCUT2D eigenvalue weighted by Crippen LogP contribution is -2.45. The Morgan fingerprint density at radius 1 is 1.23 bits per heavy atom. The van der Waals surface area contributed by atoms with Crippen LogP contribution in [0.5, 0.6) is 5.75 Å². The van der Waals surface area contributed by atoms with E-state index in [1.165, 1.54) is 0 Å². The second-order valence-electron chi connectivity index (χ2n) is 5.91. The second kappa shape index (κ2) is 7.29. The first kappa shape index (κ1) is 16.3. The summed E-state index contributed by atoms with van der Waals surface area (Å²) in [6.45, 7) is 1.87. The fraction of sp³-hybridized carbons (Fsp3) is 0.529. The number of rotatable bonds is 4. The van der Waals surface area contributed by atoms with Crippen LogP contribution in [-0.4, -0.2) is 25.0 Å². The highest BCUT2D eigenvalue weighted by atomic mass is 16.5. The Kier molecular flexibility index (Phi) is 5.41. The maximum Gasteiger partial charge on any atom is 0.251 e. The van der Waals surface area contributed by atoms with Crippen molar-refractivity contribution in [2.45, 2.75) is 45.1 Å². The Bertz CT molecular complexity index is 557. The van der Waals surface area contributed by atoms with Crippen LogP contribution in [0.3, 0.4) is 0 Å². The SMILES string of the molecule is COc1ccc(C(=O)N[C@@H]2CCCCC[C@H]2C(N)=O)c(C)c1. The molecule has 5 heteroatoms. The van der Waals surface area contributed by atoms with Gasteiger partial charge < -0.3 is 15.8 Å². The van der Waals surface area contributed by atoms with Crippen molar-refractivity contribution in [3.8, 4) is 5.75 Å². The van der Waals surface area contributed by atoms with E-state index < -0.39 is 0 Å². The first-order chi connectivity index (χ1) is 10.5. The molecule has 1 aromatic rings. The minimum absolute atomic E-state index is 0.154. The van der Waals surface area contributed by atoms with E-state index in [2.05, 4.69) is 5.32 Å². The summed E-state index contributed by atoms with van der Waals surface area (Å²) in [5.41, 5.74) is 6.96. The molecule has 0 spiro atoms. The van der Waals surface area contributed by atoms with Crippen molar-refractivity contribution in [2.24, 2.45) is 11.7 Å². The number of carbonyl (C=O) groups is 2. The molecule has 0 radical (unpaired) electrons. The van der Waals surface area contributed by atoms with Crippen LogP contribution in [0.4, 0.5) is 0 Å². The third-order valence-electron chi connectivity index (χ3n) is 4.38. The second-order valence-corrected chi connectivity index (χ2v) is 5.91. The maximum atomic E-state index is 12.5. The van der Waals surface area contributed by atoms with E-state index in [9.17, 15) is 9.59 Å². The van der Waals surface area contributed by atoms with Gasteiger partial charge in [0.15, 0.2) is 0 Å². The van der Waals surface area contributed by atoms with Crippen molar-refractivity contribution in [1.29, 1.82) is 0 Å². The molecular weight excluding hydrogens is 280 g/mol. The average molecular weight is 304 g/mol. The highest BCUT2D eigenvalue weighted by Crippen LogP contribution is 2.24. The molecule has 0 aliphatic heterocycles. The minimum atomic E-state index is -0.321. The van der Waals surface area contributed by atoms with E-state index in [0.717, 1.165) is 43.4 Å². The molecule has 1 aromatic carbocycles. The van der Waals surface area contributed by atoms with Crippen molar-refractivity contribution < 1.29 is 14.3 Å². The predicted octanol–water partition coefficient (Wildman–Crippen LogP) is 2.17. The van der Waals surface area contributed by atoms with Crippen molar-refractivity contribution in [1.82, 2.24) is 5.32 Å². The first-order valence-electron chi connectivity index (χ1n) is 7.77. The number of carbonyl (C=O) groups excluding carboxylic acids is 2. The van der Waals surface area contributed by atoms with E-state index in [0.29, 0.717) is 5.56 Å². The van der Waals surface area contributed by atoms with Gasteiger partial charge in [-0.05, 0) is 43.5 Å². The van der Waals surface area contributed by atoms with Gasteiger partial charge in [-0.25, -0.2) is 0 Å². The topological polar surface area (TPSA) is 81.4 Å². The number of primary amides is 1. The highest BCUT2D eigenvalue weighted by molar-refractivity contribution is 5.96. The number of hydrogen-bond donors (Lipinski definition) is 2. The molecule has 22 heavy (non-hydrogen) atoms. The van der Waals surface area contributed by atoms with Crippen molar-refractivity contribution in [2.75, 3.05) is 7.11 Å². The molecule has 0 aromatic heterocycles. The fourth-order valence-corrected chi connectivity index (χ4v) is 3.08. The molecular formula is C17H24N2O3. The van der Waals surface area contributed by atoms with Crippen LogP contribution in [0, 0.1) is 12.8 Å². The Balaban J connectivity index is 2.13. The van der Waals surface area contributed by atoms with Gasteiger partial charge >= 0.3 is 0 Å². The Hall–Kier alpha value is -2.04. The largest absolute Gasteiger partial charge is 0.497 e. The molecule has 0 unspecified atom stereocenters. The summed E-state index contributed by atoms with van der Waals surface area (Å²) in [6.07, 6.45) is 4.63. The van der Waals surface area contributed by atoms with Gasteiger partial charge in [0.25, 0.3) is 5.91 Å². The van der Waals surface area contributed by atoms with Crippen molar-refractivity contribution in [3.63, 3.8) is 0 Å². The van der Waals surface area contributed by atoms with E-state index in [-0.39, 0.29) is 23.8 Å². The average Bonchev–Trinajstić information content (AvgIpc) is 2.72. The molecule has 1 saturated carbocycles. The Labute approximate surface area is 131 Å². The van der Waals surface area contributed by atoms with Gasteiger partial charge in [-0.2, -0.15) is 0 Å². The van der Waals surface area contributed by atoms with Crippen molar-refractivity contribution >= 4 is 11.8 Å². The van der Waals surface area contributed by atoms with Crippen LogP contribution in [0.25, 0.3) is 0 Å². The lowest BCUT2D eigenvalue weighted by molar-refractivity contribution is -0.122. The third-order valence-corrected chi connectivity index (χ3v) is 4.38. The Morgan fingerprint density at radius 2 is 1.95 bits per heavy atom. The van der Waals surface area contributed by atoms with Crippen molar-refractivity contribution in [3.05, 3.63) is 29.3 Å². The first-order valence-corrected chi connectivity index (χ1v) is 7.77. The summed E-state index contributed by atoms with van der Waals surface area (Å²) in [5.74, 6) is -0.0273. The summed E-state index contributed by atoms with van der Waals surface area (Å²) in [6, 6.07) is 5.17. The van der Waals surface area contributed by atoms with E-state index in [1.807, 2.05) is 13.0 Å². The summed E-state index contributed by atoms with van der Waals surface area (Å²) in [5, 5.41) is 3.00. The number of amides is 2. The van der Waals surface area contributed by atoms with Crippen LogP contribution < -0.4 is 15.8 Å². The molecule has 120 valence electrons. The standard InChI is InChI=1S/C17H24N2O3/c1-11-10-12(22-2)8-9-13(11)17(21)19-15-7-5-3-4-6-14(15)16(18)20/h8-10,14-15H,3-7H2,1-2H3,(H2,18,20)(H,19,21)/t14-,15-/m1/s1. The third kappa shape index (κ3) is 3.78. The lowest BCUT2D eigenvalue weighted by atomic mass is 9.93. The van der Waals surface area contributed by atoms with E-state index in [4.69, 9.17) is 10.5 Å². The molecule has 1 aliphatic carbocycles. The molecule has 3 N–H and O–H groups in total. The van der Waals surface area contributed by atoms with E-state index >= 15 is 0 Å². The minimum Gasteiger partial charge on any atom is -0.497 e. The molecule has 2 amide bonds. The van der Waals surface area contributed by atoms with Gasteiger partial charge in [0, 0.05) is 11.6 Å². The van der Waals surface area contributed by atoms with Crippen LogP contribution >= 0.6 is 0 Å². The number of aryl methyl sites for hydroxylation is 1. The van der Waals surface area contributed by atoms with Gasteiger partial charge in [-0.15, -0.1) is 0 Å². The molecule has 2 atom stereocenters. The van der Waals surface area contributed by atoms with Crippen LogP contribution in [0.2, 0.25) is 0 Å². The zero-order valence-corrected chi connectivity index (χ0v) is 13.2. The van der Waals surface area contributed by atoms with Gasteiger partial charge in [-0.3, -0.25) is 9.59 Å². The van der Waals surface area contributed by atoms with Crippen LogP contribution in [-0.2, 0) is 4.79 Å². The summed E-state index contributed by atoms with van der Waals surface area (Å²) < 4.78 is 5.15. The number of hydrogen-bond acceptors (Lipinski definition) is 3. The normalized spacial score (nSPS) is 21.7. The quantitative estimate of drug-likeness (QED) is 0.836. The number of ether oxygens (including phenoxy) is 1. The zero-order chi connectivity index (χ0) is 16.1. The molecule has 1 aliphatic rings. The van der Waals surface area contributed by atoms with Gasteiger partial charge in [0.1, 0.15) is 5.75 Å². The smallest absolute Gasteiger partial charge is 0.251 e. The molecule has 0 saturated heterocycles. The molecule has 0 bridgehead atoms. The maximum absolute atomic E-state index is 12.5. The van der Waals surface area contributed by atoms with Crippen LogP contribution in [0.15, 0.2) is 18.2 Å². The summed E-state index contributed by atoms with van der Waals surface area (Å²) >= 11 is 0. The summed E-state index contributed by atoms with van der Waals surface area (Å²) in [4.78, 5) is 24.2. The number of nitrogens with one attached hydrogen (secondary N) is 1. The molecule has 5 nitrogen and oxygen atoms in total. The number of methoxy groups -OCH3 is 1.